The zero-order chi connectivity index (χ0) is 26.6. The molecule has 0 radical (unpaired) electrons. The van der Waals surface area contributed by atoms with Crippen LogP contribution in [0.25, 0.3) is 0 Å². The molecule has 0 saturated heterocycles. The van der Waals surface area contributed by atoms with E-state index in [9.17, 15) is 9.59 Å². The lowest BCUT2D eigenvalue weighted by Crippen LogP contribution is -2.51. The van der Waals surface area contributed by atoms with Gasteiger partial charge in [-0.05, 0) is 53.1 Å². The summed E-state index contributed by atoms with van der Waals surface area (Å²) in [5, 5.41) is 3.08. The number of carbonyl (C=O) groups is 2. The standard InChI is InChI=1S/C32H40N2O3/c1-5-25-14-16-26(17-15-25)18-19-31(35)34(23-28-12-9-13-29(20-28)37-4)30(32(36)33-22-24(2)3)21-27-10-7-6-8-11-27/h6-17,20,24,30H,5,18-19,21-23H2,1-4H3,(H,33,36)/t30-/m0/s1. The molecule has 5 heteroatoms. The smallest absolute Gasteiger partial charge is 0.243 e. The number of carbonyl (C=O) groups excluding carboxylic acids is 2. The van der Waals surface area contributed by atoms with E-state index in [0.29, 0.717) is 38.3 Å². The highest BCUT2D eigenvalue weighted by molar-refractivity contribution is 5.88. The summed E-state index contributed by atoms with van der Waals surface area (Å²) in [5.41, 5.74) is 4.34. The highest BCUT2D eigenvalue weighted by Gasteiger charge is 2.30. The summed E-state index contributed by atoms with van der Waals surface area (Å²) in [7, 11) is 1.63. The topological polar surface area (TPSA) is 58.6 Å². The molecule has 0 heterocycles. The van der Waals surface area contributed by atoms with Gasteiger partial charge in [0.25, 0.3) is 0 Å². The van der Waals surface area contributed by atoms with Crippen molar-refractivity contribution in [2.24, 2.45) is 5.92 Å². The Morgan fingerprint density at radius 1 is 0.865 bits per heavy atom. The first kappa shape index (κ1) is 28.0. The van der Waals surface area contributed by atoms with Crippen molar-refractivity contribution in [2.45, 2.75) is 59.0 Å². The third-order valence-electron chi connectivity index (χ3n) is 6.50. The molecule has 3 aromatic carbocycles. The van der Waals surface area contributed by atoms with Crippen molar-refractivity contribution >= 4 is 11.8 Å². The van der Waals surface area contributed by atoms with Gasteiger partial charge in [-0.1, -0.05) is 87.5 Å². The van der Waals surface area contributed by atoms with Crippen LogP contribution in [0.4, 0.5) is 0 Å². The number of methoxy groups -OCH3 is 1. The van der Waals surface area contributed by atoms with E-state index in [1.165, 1.54) is 5.56 Å². The first-order valence-electron chi connectivity index (χ1n) is 13.2. The zero-order valence-corrected chi connectivity index (χ0v) is 22.6. The summed E-state index contributed by atoms with van der Waals surface area (Å²) in [6, 6.07) is 25.4. The van der Waals surface area contributed by atoms with Crippen molar-refractivity contribution in [3.8, 4) is 5.75 Å². The molecule has 0 aromatic heterocycles. The largest absolute Gasteiger partial charge is 0.497 e. The molecule has 3 rings (SSSR count). The van der Waals surface area contributed by atoms with Crippen molar-refractivity contribution in [3.05, 3.63) is 101 Å². The first-order valence-corrected chi connectivity index (χ1v) is 13.2. The van der Waals surface area contributed by atoms with Crippen molar-refractivity contribution in [1.29, 1.82) is 0 Å². The Hall–Kier alpha value is -3.60. The second kappa shape index (κ2) is 14.2. The number of amides is 2. The molecular weight excluding hydrogens is 460 g/mol. The Morgan fingerprint density at radius 3 is 2.19 bits per heavy atom. The lowest BCUT2D eigenvalue weighted by atomic mass is 10.0. The van der Waals surface area contributed by atoms with Crippen LogP contribution >= 0.6 is 0 Å². The lowest BCUT2D eigenvalue weighted by molar-refractivity contribution is -0.141. The average Bonchev–Trinajstić information content (AvgIpc) is 2.93. The highest BCUT2D eigenvalue weighted by Crippen LogP contribution is 2.20. The van der Waals surface area contributed by atoms with Gasteiger partial charge in [-0.25, -0.2) is 0 Å². The molecule has 0 unspecified atom stereocenters. The fourth-order valence-corrected chi connectivity index (χ4v) is 4.28. The van der Waals surface area contributed by atoms with E-state index in [0.717, 1.165) is 28.9 Å². The van der Waals surface area contributed by atoms with Crippen LogP contribution in [0.1, 0.15) is 49.4 Å². The molecule has 196 valence electrons. The van der Waals surface area contributed by atoms with Gasteiger partial charge in [-0.3, -0.25) is 9.59 Å². The molecule has 0 bridgehead atoms. The number of rotatable bonds is 13. The molecule has 3 aromatic rings. The molecule has 0 aliphatic rings. The Morgan fingerprint density at radius 2 is 1.54 bits per heavy atom. The van der Waals surface area contributed by atoms with Crippen LogP contribution in [0.3, 0.4) is 0 Å². The zero-order valence-electron chi connectivity index (χ0n) is 22.6. The van der Waals surface area contributed by atoms with Crippen LogP contribution in [0, 0.1) is 5.92 Å². The van der Waals surface area contributed by atoms with Gasteiger partial charge in [-0.2, -0.15) is 0 Å². The first-order chi connectivity index (χ1) is 17.9. The summed E-state index contributed by atoms with van der Waals surface area (Å²) in [6.45, 7) is 7.16. The SMILES string of the molecule is CCc1ccc(CCC(=O)N(Cc2cccc(OC)c2)[C@@H](Cc2ccccc2)C(=O)NCC(C)C)cc1. The molecule has 0 spiro atoms. The molecule has 0 aliphatic heterocycles. The average molecular weight is 501 g/mol. The normalized spacial score (nSPS) is 11.7. The molecular formula is C32H40N2O3. The Kier molecular flexibility index (Phi) is 10.8. The third kappa shape index (κ3) is 8.78. The molecule has 5 nitrogen and oxygen atoms in total. The van der Waals surface area contributed by atoms with E-state index in [1.807, 2.05) is 54.6 Å². The number of hydrogen-bond donors (Lipinski definition) is 1. The minimum absolute atomic E-state index is 0.0389. The van der Waals surface area contributed by atoms with Crippen molar-refractivity contribution in [2.75, 3.05) is 13.7 Å². The van der Waals surface area contributed by atoms with Gasteiger partial charge in [0.05, 0.1) is 7.11 Å². The molecule has 1 N–H and O–H groups in total. The summed E-state index contributed by atoms with van der Waals surface area (Å²) in [5.74, 6) is 0.879. The number of benzene rings is 3. The molecule has 37 heavy (non-hydrogen) atoms. The van der Waals surface area contributed by atoms with Crippen LogP contribution in [-0.4, -0.2) is 36.4 Å². The highest BCUT2D eigenvalue weighted by atomic mass is 16.5. The van der Waals surface area contributed by atoms with Crippen LogP contribution in [0.2, 0.25) is 0 Å². The molecule has 0 saturated carbocycles. The van der Waals surface area contributed by atoms with Gasteiger partial charge in [0.2, 0.25) is 11.8 Å². The van der Waals surface area contributed by atoms with E-state index in [2.05, 4.69) is 50.4 Å². The summed E-state index contributed by atoms with van der Waals surface area (Å²) in [4.78, 5) is 29.1. The van der Waals surface area contributed by atoms with Crippen LogP contribution in [0.15, 0.2) is 78.9 Å². The second-order valence-corrected chi connectivity index (χ2v) is 9.89. The summed E-state index contributed by atoms with van der Waals surface area (Å²) >= 11 is 0. The molecule has 0 aliphatic carbocycles. The van der Waals surface area contributed by atoms with Crippen molar-refractivity contribution < 1.29 is 14.3 Å². The third-order valence-corrected chi connectivity index (χ3v) is 6.50. The predicted octanol–water partition coefficient (Wildman–Crippen LogP) is 5.60. The maximum atomic E-state index is 13.8. The second-order valence-electron chi connectivity index (χ2n) is 9.89. The van der Waals surface area contributed by atoms with Gasteiger partial charge in [0.1, 0.15) is 11.8 Å². The van der Waals surface area contributed by atoms with Gasteiger partial charge < -0.3 is 15.0 Å². The number of hydrogen-bond acceptors (Lipinski definition) is 3. The van der Waals surface area contributed by atoms with Gasteiger partial charge in [0.15, 0.2) is 0 Å². The fourth-order valence-electron chi connectivity index (χ4n) is 4.28. The van der Waals surface area contributed by atoms with Crippen LogP contribution in [0.5, 0.6) is 5.75 Å². The fraction of sp³-hybridized carbons (Fsp3) is 0.375. The van der Waals surface area contributed by atoms with E-state index in [4.69, 9.17) is 4.74 Å². The van der Waals surface area contributed by atoms with Crippen LogP contribution < -0.4 is 10.1 Å². The van der Waals surface area contributed by atoms with E-state index in [-0.39, 0.29) is 11.8 Å². The van der Waals surface area contributed by atoms with Crippen LogP contribution in [-0.2, 0) is 35.4 Å². The molecule has 0 fully saturated rings. The molecule has 2 amide bonds. The van der Waals surface area contributed by atoms with Crippen molar-refractivity contribution in [3.63, 3.8) is 0 Å². The lowest BCUT2D eigenvalue weighted by Gasteiger charge is -2.32. The number of nitrogens with one attached hydrogen (secondary N) is 1. The Labute approximate surface area is 221 Å². The minimum atomic E-state index is -0.623. The summed E-state index contributed by atoms with van der Waals surface area (Å²) in [6.07, 6.45) is 2.40. The maximum Gasteiger partial charge on any atom is 0.243 e. The Balaban J connectivity index is 1.89. The minimum Gasteiger partial charge on any atom is -0.497 e. The van der Waals surface area contributed by atoms with Gasteiger partial charge in [0, 0.05) is 25.9 Å². The number of aryl methyl sites for hydroxylation is 2. The van der Waals surface area contributed by atoms with E-state index < -0.39 is 6.04 Å². The summed E-state index contributed by atoms with van der Waals surface area (Å²) < 4.78 is 5.41. The van der Waals surface area contributed by atoms with Gasteiger partial charge in [-0.15, -0.1) is 0 Å². The quantitative estimate of drug-likeness (QED) is 0.332. The predicted molar refractivity (Wildman–Crippen MR) is 149 cm³/mol. The van der Waals surface area contributed by atoms with E-state index in [1.54, 1.807) is 12.0 Å². The number of ether oxygens (including phenoxy) is 1. The molecule has 1 atom stereocenters. The van der Waals surface area contributed by atoms with Crippen molar-refractivity contribution in [1.82, 2.24) is 10.2 Å². The van der Waals surface area contributed by atoms with E-state index >= 15 is 0 Å². The monoisotopic (exact) mass is 500 g/mol. The Bertz CT molecular complexity index is 1130. The maximum absolute atomic E-state index is 13.8. The number of nitrogens with zero attached hydrogens (tertiary/aromatic N) is 1. The van der Waals surface area contributed by atoms with Gasteiger partial charge >= 0.3 is 0 Å².